The van der Waals surface area contributed by atoms with Crippen LogP contribution in [0.15, 0.2) is 0 Å². The SMILES string of the molecule is B[C@@H]1COC[C@@H]1C. The van der Waals surface area contributed by atoms with Crippen LogP contribution in [0.4, 0.5) is 0 Å². The predicted molar refractivity (Wildman–Crippen MR) is 32.3 cm³/mol. The van der Waals surface area contributed by atoms with Crippen LogP contribution in [-0.2, 0) is 4.74 Å². The van der Waals surface area contributed by atoms with Gasteiger partial charge in [-0.1, -0.05) is 6.92 Å². The third-order valence-corrected chi connectivity index (χ3v) is 1.73. The second-order valence-electron chi connectivity index (χ2n) is 2.49. The molecule has 0 spiro atoms. The lowest BCUT2D eigenvalue weighted by atomic mass is 9.80. The fourth-order valence-corrected chi connectivity index (χ4v) is 0.768. The zero-order valence-electron chi connectivity index (χ0n) is 4.98. The van der Waals surface area contributed by atoms with Crippen molar-refractivity contribution in [1.82, 2.24) is 0 Å². The highest BCUT2D eigenvalue weighted by atomic mass is 16.5. The van der Waals surface area contributed by atoms with Crippen molar-refractivity contribution in [1.29, 1.82) is 0 Å². The second-order valence-corrected chi connectivity index (χ2v) is 2.49. The summed E-state index contributed by atoms with van der Waals surface area (Å²) < 4.78 is 5.17. The van der Waals surface area contributed by atoms with Crippen molar-refractivity contribution in [3.63, 3.8) is 0 Å². The molecule has 0 saturated carbocycles. The van der Waals surface area contributed by atoms with Gasteiger partial charge in [0, 0.05) is 13.2 Å². The normalized spacial score (nSPS) is 41.9. The summed E-state index contributed by atoms with van der Waals surface area (Å²) in [6.45, 7) is 4.18. The molecule has 0 bridgehead atoms. The van der Waals surface area contributed by atoms with E-state index >= 15 is 0 Å². The van der Waals surface area contributed by atoms with Crippen LogP contribution >= 0.6 is 0 Å². The minimum Gasteiger partial charge on any atom is -0.382 e. The van der Waals surface area contributed by atoms with E-state index < -0.39 is 0 Å². The van der Waals surface area contributed by atoms with Crippen molar-refractivity contribution in [2.45, 2.75) is 12.7 Å². The van der Waals surface area contributed by atoms with Crippen LogP contribution in [0.5, 0.6) is 0 Å². The van der Waals surface area contributed by atoms with Gasteiger partial charge in [0.05, 0.1) is 0 Å². The molecule has 0 aromatic heterocycles. The third kappa shape index (κ3) is 0.971. The number of hydrogen-bond donors (Lipinski definition) is 0. The number of ether oxygens (including phenoxy) is 1. The maximum absolute atomic E-state index is 5.17. The monoisotopic (exact) mass is 98.1 g/mol. The lowest BCUT2D eigenvalue weighted by molar-refractivity contribution is 0.188. The van der Waals surface area contributed by atoms with E-state index in [0.717, 1.165) is 24.9 Å². The van der Waals surface area contributed by atoms with Crippen LogP contribution in [0.1, 0.15) is 6.92 Å². The van der Waals surface area contributed by atoms with Gasteiger partial charge in [0.25, 0.3) is 0 Å². The van der Waals surface area contributed by atoms with Gasteiger partial charge in [0.2, 0.25) is 0 Å². The summed E-state index contributed by atoms with van der Waals surface area (Å²) >= 11 is 0. The first kappa shape index (κ1) is 5.17. The molecule has 1 aliphatic rings. The van der Waals surface area contributed by atoms with Gasteiger partial charge < -0.3 is 4.74 Å². The van der Waals surface area contributed by atoms with Gasteiger partial charge in [-0.15, -0.1) is 0 Å². The third-order valence-electron chi connectivity index (χ3n) is 1.73. The van der Waals surface area contributed by atoms with E-state index in [4.69, 9.17) is 4.74 Å². The fraction of sp³-hybridized carbons (Fsp3) is 1.00. The van der Waals surface area contributed by atoms with Gasteiger partial charge in [0.15, 0.2) is 0 Å². The van der Waals surface area contributed by atoms with Crippen LogP contribution < -0.4 is 0 Å². The van der Waals surface area contributed by atoms with Crippen LogP contribution in [0.25, 0.3) is 0 Å². The zero-order chi connectivity index (χ0) is 5.28. The average Bonchev–Trinajstić information content (AvgIpc) is 1.91. The van der Waals surface area contributed by atoms with E-state index in [-0.39, 0.29) is 0 Å². The topological polar surface area (TPSA) is 9.23 Å². The molecule has 0 aromatic rings. The predicted octanol–water partition coefficient (Wildman–Crippen LogP) is 0.0743. The molecular formula is C5H11BO. The van der Waals surface area contributed by atoms with E-state index in [0.29, 0.717) is 0 Å². The van der Waals surface area contributed by atoms with Crippen LogP contribution in [0.2, 0.25) is 5.82 Å². The molecule has 1 saturated heterocycles. The quantitative estimate of drug-likeness (QED) is 0.389. The Kier molecular flexibility index (Phi) is 1.38. The lowest BCUT2D eigenvalue weighted by Gasteiger charge is -2.01. The first-order chi connectivity index (χ1) is 3.30. The molecule has 1 heterocycles. The molecule has 1 rings (SSSR count). The summed E-state index contributed by atoms with van der Waals surface area (Å²) in [6.07, 6.45) is 0. The highest BCUT2D eigenvalue weighted by molar-refractivity contribution is 6.12. The highest BCUT2D eigenvalue weighted by Gasteiger charge is 2.18. The summed E-state index contributed by atoms with van der Waals surface area (Å²) in [5.74, 6) is 1.58. The summed E-state index contributed by atoms with van der Waals surface area (Å²) in [5.41, 5.74) is 0. The van der Waals surface area contributed by atoms with E-state index in [1.807, 2.05) is 0 Å². The Morgan fingerprint density at radius 1 is 1.57 bits per heavy atom. The smallest absolute Gasteiger partial charge is 0.108 e. The minimum atomic E-state index is 0.792. The number of hydrogen-bond acceptors (Lipinski definition) is 1. The molecule has 0 unspecified atom stereocenters. The van der Waals surface area contributed by atoms with Crippen molar-refractivity contribution >= 4 is 7.85 Å². The zero-order valence-corrected chi connectivity index (χ0v) is 4.98. The Hall–Kier alpha value is 0.0249. The Morgan fingerprint density at radius 3 is 2.43 bits per heavy atom. The molecule has 0 radical (unpaired) electrons. The van der Waals surface area contributed by atoms with E-state index in [1.54, 1.807) is 0 Å². The Bertz CT molecular complexity index is 57.1. The molecule has 0 aromatic carbocycles. The standard InChI is InChI=1S/C5H11BO/c1-4-2-7-3-5(4)6/h4-5H,2-3,6H2,1H3/t4-,5+/m0/s1. The Morgan fingerprint density at radius 2 is 2.29 bits per heavy atom. The first-order valence-electron chi connectivity index (χ1n) is 2.88. The van der Waals surface area contributed by atoms with E-state index in [2.05, 4.69) is 14.8 Å². The van der Waals surface area contributed by atoms with Gasteiger partial charge in [-0.3, -0.25) is 0 Å². The van der Waals surface area contributed by atoms with Crippen LogP contribution in [0, 0.1) is 5.92 Å². The van der Waals surface area contributed by atoms with Gasteiger partial charge in [-0.2, -0.15) is 0 Å². The van der Waals surface area contributed by atoms with Crippen LogP contribution in [-0.4, -0.2) is 21.1 Å². The summed E-state index contributed by atoms with van der Waals surface area (Å²) in [4.78, 5) is 0. The van der Waals surface area contributed by atoms with Gasteiger partial charge in [-0.05, 0) is 11.7 Å². The second kappa shape index (κ2) is 1.87. The van der Waals surface area contributed by atoms with Crippen LogP contribution in [0.3, 0.4) is 0 Å². The first-order valence-corrected chi connectivity index (χ1v) is 2.88. The molecular weight excluding hydrogens is 86.9 g/mol. The van der Waals surface area contributed by atoms with Crippen molar-refractivity contribution in [3.05, 3.63) is 0 Å². The molecule has 0 aliphatic carbocycles. The molecule has 2 heteroatoms. The maximum Gasteiger partial charge on any atom is 0.108 e. The van der Waals surface area contributed by atoms with Crippen molar-refractivity contribution < 1.29 is 4.74 Å². The Balaban J connectivity index is 2.33. The average molecular weight is 98.0 g/mol. The maximum atomic E-state index is 5.17. The highest BCUT2D eigenvalue weighted by Crippen LogP contribution is 2.20. The fourth-order valence-electron chi connectivity index (χ4n) is 0.768. The minimum absolute atomic E-state index is 0.792. The van der Waals surface area contributed by atoms with Gasteiger partial charge >= 0.3 is 0 Å². The van der Waals surface area contributed by atoms with Crippen molar-refractivity contribution in [3.8, 4) is 0 Å². The summed E-state index contributed by atoms with van der Waals surface area (Å²) in [5, 5.41) is 0. The number of rotatable bonds is 0. The molecule has 0 N–H and O–H groups in total. The van der Waals surface area contributed by atoms with Gasteiger partial charge in [0.1, 0.15) is 7.85 Å². The molecule has 0 amide bonds. The molecule has 40 valence electrons. The molecule has 1 fully saturated rings. The molecule has 2 atom stereocenters. The molecule has 1 aliphatic heterocycles. The summed E-state index contributed by atoms with van der Waals surface area (Å²) in [7, 11) is 2.23. The lowest BCUT2D eigenvalue weighted by Crippen LogP contribution is -1.99. The molecule has 7 heavy (non-hydrogen) atoms. The van der Waals surface area contributed by atoms with Crippen molar-refractivity contribution in [2.24, 2.45) is 5.92 Å². The van der Waals surface area contributed by atoms with Crippen molar-refractivity contribution in [2.75, 3.05) is 13.2 Å². The molecule has 1 nitrogen and oxygen atoms in total. The largest absolute Gasteiger partial charge is 0.382 e. The summed E-state index contributed by atoms with van der Waals surface area (Å²) in [6, 6.07) is 0. The van der Waals surface area contributed by atoms with E-state index in [1.165, 1.54) is 0 Å². The van der Waals surface area contributed by atoms with E-state index in [9.17, 15) is 0 Å². The van der Waals surface area contributed by atoms with Gasteiger partial charge in [-0.25, -0.2) is 0 Å². The Labute approximate surface area is 45.5 Å².